The molecule has 0 heterocycles. The lowest BCUT2D eigenvalue weighted by atomic mass is 10.0. The van der Waals surface area contributed by atoms with E-state index in [-0.39, 0.29) is 6.42 Å². The molecule has 0 spiro atoms. The van der Waals surface area contributed by atoms with Crippen LogP contribution in [0.4, 0.5) is 18.9 Å². The molecule has 2 rings (SSSR count). The van der Waals surface area contributed by atoms with E-state index < -0.39 is 46.9 Å². The second-order valence-corrected chi connectivity index (χ2v) is 4.76. The highest BCUT2D eigenvalue weighted by Gasteiger charge is 2.34. The lowest BCUT2D eigenvalue weighted by Crippen LogP contribution is -2.22. The topological polar surface area (TPSA) is 66.4 Å². The van der Waals surface area contributed by atoms with Gasteiger partial charge in [-0.25, -0.2) is 13.2 Å². The summed E-state index contributed by atoms with van der Waals surface area (Å²) in [5.41, 5.74) is -0.451. The third-order valence-corrected chi connectivity index (χ3v) is 3.45. The summed E-state index contributed by atoms with van der Waals surface area (Å²) in [6.45, 7) is 0. The van der Waals surface area contributed by atoms with Crippen LogP contribution in [0, 0.1) is 29.3 Å². The predicted octanol–water partition coefficient (Wildman–Crippen LogP) is 2.54. The number of carbonyl (C=O) groups is 2. The lowest BCUT2D eigenvalue weighted by molar-refractivity contribution is -0.141. The molecule has 0 saturated heterocycles. The molecule has 7 heteroatoms. The Kier molecular flexibility index (Phi) is 3.96. The summed E-state index contributed by atoms with van der Waals surface area (Å²) in [6.07, 6.45) is 0.897. The van der Waals surface area contributed by atoms with Gasteiger partial charge in [0.2, 0.25) is 5.91 Å². The highest BCUT2D eigenvalue weighted by Crippen LogP contribution is 2.32. The number of hydrogen-bond donors (Lipinski definition) is 2. The van der Waals surface area contributed by atoms with E-state index in [1.807, 2.05) is 0 Å². The molecule has 108 valence electrons. The monoisotopic (exact) mass is 287 g/mol. The van der Waals surface area contributed by atoms with E-state index in [2.05, 4.69) is 5.32 Å². The van der Waals surface area contributed by atoms with Crippen molar-refractivity contribution in [3.05, 3.63) is 29.6 Å². The molecule has 1 aliphatic rings. The quantitative estimate of drug-likeness (QED) is 0.840. The minimum Gasteiger partial charge on any atom is -0.481 e. The number of rotatable bonds is 3. The molecule has 1 aliphatic carbocycles. The van der Waals surface area contributed by atoms with Gasteiger partial charge in [0.05, 0.1) is 11.6 Å². The Morgan fingerprint density at radius 3 is 2.35 bits per heavy atom. The van der Waals surface area contributed by atoms with Crippen LogP contribution in [0.25, 0.3) is 0 Å². The van der Waals surface area contributed by atoms with Crippen molar-refractivity contribution >= 4 is 17.6 Å². The van der Waals surface area contributed by atoms with Crippen LogP contribution in [0.3, 0.4) is 0 Å². The zero-order chi connectivity index (χ0) is 14.9. The van der Waals surface area contributed by atoms with Crippen LogP contribution in [-0.2, 0) is 9.59 Å². The summed E-state index contributed by atoms with van der Waals surface area (Å²) in [6, 6.07) is 1.64. The summed E-state index contributed by atoms with van der Waals surface area (Å²) in [4.78, 5) is 22.6. The van der Waals surface area contributed by atoms with Gasteiger partial charge >= 0.3 is 5.97 Å². The number of carboxylic acid groups (broad SMARTS) is 1. The van der Waals surface area contributed by atoms with Crippen molar-refractivity contribution in [1.82, 2.24) is 0 Å². The number of carboxylic acids is 1. The molecule has 1 amide bonds. The number of amides is 1. The van der Waals surface area contributed by atoms with Gasteiger partial charge in [-0.2, -0.15) is 0 Å². The fourth-order valence-electron chi connectivity index (χ4n) is 2.30. The largest absolute Gasteiger partial charge is 0.481 e. The van der Waals surface area contributed by atoms with Crippen molar-refractivity contribution in [2.75, 3.05) is 5.32 Å². The van der Waals surface area contributed by atoms with Gasteiger partial charge in [-0.15, -0.1) is 0 Å². The molecule has 0 bridgehead atoms. The summed E-state index contributed by atoms with van der Waals surface area (Å²) in [5.74, 6) is -7.18. The number of anilines is 1. The van der Waals surface area contributed by atoms with Crippen LogP contribution in [0.15, 0.2) is 12.1 Å². The molecule has 0 unspecified atom stereocenters. The zero-order valence-corrected chi connectivity index (χ0v) is 10.3. The highest BCUT2D eigenvalue weighted by atomic mass is 19.2. The molecule has 2 atom stereocenters. The molecular formula is C13H12F3NO3. The second kappa shape index (κ2) is 5.52. The Morgan fingerprint density at radius 1 is 1.10 bits per heavy atom. The molecule has 1 fully saturated rings. The van der Waals surface area contributed by atoms with E-state index in [1.165, 1.54) is 0 Å². The number of benzene rings is 1. The molecule has 2 N–H and O–H groups in total. The first-order valence-corrected chi connectivity index (χ1v) is 6.07. The Balaban J connectivity index is 2.06. The smallest absolute Gasteiger partial charge is 0.306 e. The van der Waals surface area contributed by atoms with Crippen LogP contribution in [0.5, 0.6) is 0 Å². The van der Waals surface area contributed by atoms with E-state index in [0.29, 0.717) is 18.9 Å². The molecule has 1 saturated carbocycles. The van der Waals surface area contributed by atoms with Gasteiger partial charge in [0.25, 0.3) is 0 Å². The van der Waals surface area contributed by atoms with Crippen molar-refractivity contribution in [2.24, 2.45) is 11.8 Å². The van der Waals surface area contributed by atoms with Crippen LogP contribution in [0.2, 0.25) is 0 Å². The Morgan fingerprint density at radius 2 is 1.75 bits per heavy atom. The maximum Gasteiger partial charge on any atom is 0.306 e. The molecule has 0 aliphatic heterocycles. The van der Waals surface area contributed by atoms with Crippen molar-refractivity contribution < 1.29 is 27.9 Å². The van der Waals surface area contributed by atoms with Crippen LogP contribution in [-0.4, -0.2) is 17.0 Å². The summed E-state index contributed by atoms with van der Waals surface area (Å²) in [7, 11) is 0. The summed E-state index contributed by atoms with van der Waals surface area (Å²) >= 11 is 0. The first kappa shape index (κ1) is 14.4. The molecule has 20 heavy (non-hydrogen) atoms. The standard InChI is InChI=1S/C13H12F3NO3/c14-8-3-4-9(11(16)10(8)15)17-12(18)6-1-2-7(5-6)13(19)20/h3-4,6-7H,1-2,5H2,(H,17,18)(H,19,20)/t6-,7+/m1/s1. The van der Waals surface area contributed by atoms with Crippen LogP contribution < -0.4 is 5.32 Å². The fraction of sp³-hybridized carbons (Fsp3) is 0.385. The number of aliphatic carboxylic acids is 1. The normalized spacial score (nSPS) is 21.8. The van der Waals surface area contributed by atoms with Gasteiger partial charge in [0, 0.05) is 5.92 Å². The Bertz CT molecular complexity index is 562. The molecular weight excluding hydrogens is 275 g/mol. The van der Waals surface area contributed by atoms with Crippen molar-refractivity contribution in [3.63, 3.8) is 0 Å². The van der Waals surface area contributed by atoms with Crippen LogP contribution >= 0.6 is 0 Å². The maximum absolute atomic E-state index is 13.4. The second-order valence-electron chi connectivity index (χ2n) is 4.76. The van der Waals surface area contributed by atoms with Crippen molar-refractivity contribution in [2.45, 2.75) is 19.3 Å². The van der Waals surface area contributed by atoms with Gasteiger partial charge in [-0.05, 0) is 31.4 Å². The van der Waals surface area contributed by atoms with Gasteiger partial charge in [0.1, 0.15) is 0 Å². The molecule has 4 nitrogen and oxygen atoms in total. The van der Waals surface area contributed by atoms with E-state index in [0.717, 1.165) is 6.07 Å². The van der Waals surface area contributed by atoms with Gasteiger partial charge < -0.3 is 10.4 Å². The SMILES string of the molecule is O=C(O)[C@H]1CC[C@@H](C(=O)Nc2ccc(F)c(F)c2F)C1. The summed E-state index contributed by atoms with van der Waals surface area (Å²) < 4.78 is 39.1. The van der Waals surface area contributed by atoms with E-state index >= 15 is 0 Å². The third-order valence-electron chi connectivity index (χ3n) is 3.45. The molecule has 1 aromatic carbocycles. The van der Waals surface area contributed by atoms with E-state index in [1.54, 1.807) is 0 Å². The lowest BCUT2D eigenvalue weighted by Gasteiger charge is -2.11. The number of hydrogen-bond acceptors (Lipinski definition) is 2. The predicted molar refractivity (Wildman–Crippen MR) is 63.4 cm³/mol. The number of halogens is 3. The third kappa shape index (κ3) is 2.76. The maximum atomic E-state index is 13.4. The first-order chi connectivity index (χ1) is 9.40. The van der Waals surface area contributed by atoms with Gasteiger partial charge in [-0.3, -0.25) is 9.59 Å². The Hall–Kier alpha value is -2.05. The van der Waals surface area contributed by atoms with Gasteiger partial charge in [0.15, 0.2) is 17.5 Å². The molecule has 0 radical (unpaired) electrons. The number of carbonyl (C=O) groups excluding carboxylic acids is 1. The first-order valence-electron chi connectivity index (χ1n) is 6.07. The van der Waals surface area contributed by atoms with Crippen molar-refractivity contribution in [3.8, 4) is 0 Å². The number of nitrogens with one attached hydrogen (secondary N) is 1. The van der Waals surface area contributed by atoms with Crippen molar-refractivity contribution in [1.29, 1.82) is 0 Å². The molecule has 1 aromatic rings. The summed E-state index contributed by atoms with van der Waals surface area (Å²) in [5, 5.41) is 11.0. The molecule has 0 aromatic heterocycles. The van der Waals surface area contributed by atoms with Crippen LogP contribution in [0.1, 0.15) is 19.3 Å². The zero-order valence-electron chi connectivity index (χ0n) is 10.3. The fourth-order valence-corrected chi connectivity index (χ4v) is 2.30. The Labute approximate surface area is 112 Å². The highest BCUT2D eigenvalue weighted by molar-refractivity contribution is 5.93. The van der Waals surface area contributed by atoms with E-state index in [9.17, 15) is 22.8 Å². The minimum absolute atomic E-state index is 0.159. The van der Waals surface area contributed by atoms with Gasteiger partial charge in [-0.1, -0.05) is 0 Å². The average Bonchev–Trinajstić information content (AvgIpc) is 2.89. The average molecular weight is 287 g/mol. The minimum atomic E-state index is -1.65. The van der Waals surface area contributed by atoms with E-state index in [4.69, 9.17) is 5.11 Å².